The molecule has 3 aromatic carbocycles. The van der Waals surface area contributed by atoms with Crippen molar-refractivity contribution in [1.82, 2.24) is 0 Å². The molecule has 0 bridgehead atoms. The van der Waals surface area contributed by atoms with Gasteiger partial charge in [-0.15, -0.1) is 0 Å². The van der Waals surface area contributed by atoms with Gasteiger partial charge in [0.2, 0.25) is 0 Å². The lowest BCUT2D eigenvalue weighted by atomic mass is 10.2. The van der Waals surface area contributed by atoms with Crippen LogP contribution in [0.5, 0.6) is 11.5 Å². The second kappa shape index (κ2) is 11.5. The summed E-state index contributed by atoms with van der Waals surface area (Å²) in [4.78, 5) is 36.1. The maximum absolute atomic E-state index is 12.1. The predicted molar refractivity (Wildman–Crippen MR) is 124 cm³/mol. The van der Waals surface area contributed by atoms with E-state index in [1.807, 2.05) is 0 Å². The lowest BCUT2D eigenvalue weighted by Gasteiger charge is -2.09. The minimum Gasteiger partial charge on any atom is -0.497 e. The molecule has 8 nitrogen and oxygen atoms in total. The fraction of sp³-hybridized carbons (Fsp3) is 0.125. The first-order valence-electron chi connectivity index (χ1n) is 9.82. The Balaban J connectivity index is 1.43. The van der Waals surface area contributed by atoms with Gasteiger partial charge < -0.3 is 24.8 Å². The normalized spacial score (nSPS) is 10.1. The van der Waals surface area contributed by atoms with E-state index in [4.69, 9.17) is 25.8 Å². The highest BCUT2D eigenvalue weighted by Crippen LogP contribution is 2.17. The van der Waals surface area contributed by atoms with Crippen molar-refractivity contribution >= 4 is 40.8 Å². The molecule has 3 aromatic rings. The number of esters is 1. The Morgan fingerprint density at radius 2 is 1.45 bits per heavy atom. The van der Waals surface area contributed by atoms with Crippen LogP contribution in [0, 0.1) is 0 Å². The summed E-state index contributed by atoms with van der Waals surface area (Å²) in [5.74, 6) is -0.471. The molecule has 0 radical (unpaired) electrons. The molecule has 0 spiro atoms. The maximum Gasteiger partial charge on any atom is 0.338 e. The van der Waals surface area contributed by atoms with Crippen LogP contribution < -0.4 is 20.1 Å². The Morgan fingerprint density at radius 1 is 0.788 bits per heavy atom. The lowest BCUT2D eigenvalue weighted by Crippen LogP contribution is -2.21. The topological polar surface area (TPSA) is 103 Å². The van der Waals surface area contributed by atoms with Gasteiger partial charge in [0.05, 0.1) is 12.7 Å². The standard InChI is InChI=1S/C24H21ClN2O6/c1-31-21-4-2-3-19(13-21)27-22(28)14-32-20-11-5-16(6-12-20)24(30)33-15-23(29)26-18-9-7-17(25)8-10-18/h2-13H,14-15H2,1H3,(H,26,29)(H,27,28). The molecule has 0 saturated heterocycles. The molecular weight excluding hydrogens is 448 g/mol. The predicted octanol–water partition coefficient (Wildman–Crippen LogP) is 4.16. The second-order valence-electron chi connectivity index (χ2n) is 6.72. The number of halogens is 1. The van der Waals surface area contributed by atoms with E-state index in [2.05, 4.69) is 10.6 Å². The minimum atomic E-state index is -0.663. The monoisotopic (exact) mass is 468 g/mol. The Kier molecular flexibility index (Phi) is 8.26. The van der Waals surface area contributed by atoms with Crippen molar-refractivity contribution in [2.75, 3.05) is 31.0 Å². The highest BCUT2D eigenvalue weighted by atomic mass is 35.5. The van der Waals surface area contributed by atoms with E-state index in [1.165, 1.54) is 24.3 Å². The quantitative estimate of drug-likeness (QED) is 0.457. The van der Waals surface area contributed by atoms with E-state index < -0.39 is 18.5 Å². The number of carbonyl (C=O) groups excluding carboxylic acids is 3. The molecule has 0 heterocycles. The lowest BCUT2D eigenvalue weighted by molar-refractivity contribution is -0.119. The number of hydrogen-bond donors (Lipinski definition) is 2. The smallest absolute Gasteiger partial charge is 0.338 e. The molecular formula is C24H21ClN2O6. The highest BCUT2D eigenvalue weighted by Gasteiger charge is 2.11. The number of rotatable bonds is 9. The number of anilines is 2. The molecule has 0 fully saturated rings. The molecule has 0 aromatic heterocycles. The maximum atomic E-state index is 12.1. The van der Waals surface area contributed by atoms with Gasteiger partial charge in [-0.3, -0.25) is 9.59 Å². The van der Waals surface area contributed by atoms with E-state index in [0.29, 0.717) is 27.9 Å². The number of ether oxygens (including phenoxy) is 3. The van der Waals surface area contributed by atoms with Crippen molar-refractivity contribution in [1.29, 1.82) is 0 Å². The molecule has 0 atom stereocenters. The fourth-order valence-electron chi connectivity index (χ4n) is 2.68. The summed E-state index contributed by atoms with van der Waals surface area (Å²) in [5.41, 5.74) is 1.36. The van der Waals surface area contributed by atoms with Gasteiger partial charge in [-0.1, -0.05) is 17.7 Å². The Labute approximate surface area is 195 Å². The van der Waals surface area contributed by atoms with Crippen molar-refractivity contribution in [2.45, 2.75) is 0 Å². The van der Waals surface area contributed by atoms with E-state index in [0.717, 1.165) is 0 Å². The third-order valence-electron chi connectivity index (χ3n) is 4.28. The van der Waals surface area contributed by atoms with Crippen molar-refractivity contribution in [3.8, 4) is 11.5 Å². The number of methoxy groups -OCH3 is 1. The van der Waals surface area contributed by atoms with Crippen LogP contribution in [0.2, 0.25) is 5.02 Å². The van der Waals surface area contributed by atoms with Crippen molar-refractivity contribution in [2.24, 2.45) is 0 Å². The molecule has 0 aliphatic carbocycles. The number of hydrogen-bond acceptors (Lipinski definition) is 6. The van der Waals surface area contributed by atoms with Crippen molar-refractivity contribution in [3.63, 3.8) is 0 Å². The largest absolute Gasteiger partial charge is 0.497 e. The number of nitrogens with one attached hydrogen (secondary N) is 2. The summed E-state index contributed by atoms with van der Waals surface area (Å²) < 4.78 is 15.6. The minimum absolute atomic E-state index is 0.216. The summed E-state index contributed by atoms with van der Waals surface area (Å²) in [6.45, 7) is -0.657. The average Bonchev–Trinajstić information content (AvgIpc) is 2.83. The molecule has 0 unspecified atom stereocenters. The zero-order chi connectivity index (χ0) is 23.6. The third kappa shape index (κ3) is 7.55. The van der Waals surface area contributed by atoms with Crippen LogP contribution >= 0.6 is 11.6 Å². The van der Waals surface area contributed by atoms with E-state index in [9.17, 15) is 14.4 Å². The molecule has 0 aliphatic rings. The second-order valence-corrected chi connectivity index (χ2v) is 7.16. The fourth-order valence-corrected chi connectivity index (χ4v) is 2.80. The van der Waals surface area contributed by atoms with Crippen LogP contribution in [-0.4, -0.2) is 38.1 Å². The molecule has 0 saturated carbocycles. The van der Waals surface area contributed by atoms with Crippen LogP contribution in [0.4, 0.5) is 11.4 Å². The molecule has 2 amide bonds. The average molecular weight is 469 g/mol. The van der Waals surface area contributed by atoms with Gasteiger partial charge in [0.25, 0.3) is 11.8 Å². The Bertz CT molecular complexity index is 1120. The first kappa shape index (κ1) is 23.6. The number of carbonyl (C=O) groups is 3. The van der Waals surface area contributed by atoms with Crippen LogP contribution in [0.25, 0.3) is 0 Å². The van der Waals surface area contributed by atoms with E-state index in [-0.39, 0.29) is 18.1 Å². The third-order valence-corrected chi connectivity index (χ3v) is 4.53. The summed E-state index contributed by atoms with van der Waals surface area (Å²) >= 11 is 5.79. The van der Waals surface area contributed by atoms with Gasteiger partial charge in [0, 0.05) is 22.5 Å². The number of amides is 2. The Morgan fingerprint density at radius 3 is 2.15 bits per heavy atom. The highest BCUT2D eigenvalue weighted by molar-refractivity contribution is 6.30. The van der Waals surface area contributed by atoms with Gasteiger partial charge >= 0.3 is 5.97 Å². The summed E-state index contributed by atoms with van der Waals surface area (Å²) in [6.07, 6.45) is 0. The molecule has 0 aliphatic heterocycles. The van der Waals surface area contributed by atoms with Gasteiger partial charge in [-0.05, 0) is 60.7 Å². The zero-order valence-electron chi connectivity index (χ0n) is 17.7. The first-order chi connectivity index (χ1) is 15.9. The molecule has 33 heavy (non-hydrogen) atoms. The van der Waals surface area contributed by atoms with Crippen LogP contribution in [0.1, 0.15) is 10.4 Å². The van der Waals surface area contributed by atoms with Crippen LogP contribution in [0.3, 0.4) is 0 Å². The van der Waals surface area contributed by atoms with Gasteiger partial charge in [-0.2, -0.15) is 0 Å². The number of benzene rings is 3. The van der Waals surface area contributed by atoms with E-state index in [1.54, 1.807) is 55.6 Å². The van der Waals surface area contributed by atoms with Gasteiger partial charge in [0.1, 0.15) is 11.5 Å². The summed E-state index contributed by atoms with van der Waals surface area (Å²) in [5, 5.41) is 5.84. The Hall–Kier alpha value is -4.04. The van der Waals surface area contributed by atoms with Crippen LogP contribution in [0.15, 0.2) is 72.8 Å². The van der Waals surface area contributed by atoms with Crippen LogP contribution in [-0.2, 0) is 14.3 Å². The van der Waals surface area contributed by atoms with Gasteiger partial charge in [0.15, 0.2) is 13.2 Å². The first-order valence-corrected chi connectivity index (χ1v) is 10.2. The molecule has 2 N–H and O–H groups in total. The van der Waals surface area contributed by atoms with E-state index >= 15 is 0 Å². The molecule has 9 heteroatoms. The van der Waals surface area contributed by atoms with Crippen molar-refractivity contribution in [3.05, 3.63) is 83.4 Å². The van der Waals surface area contributed by atoms with Gasteiger partial charge in [-0.25, -0.2) is 4.79 Å². The SMILES string of the molecule is COc1cccc(NC(=O)COc2ccc(C(=O)OCC(=O)Nc3ccc(Cl)cc3)cc2)c1. The zero-order valence-corrected chi connectivity index (χ0v) is 18.4. The van der Waals surface area contributed by atoms with Crippen molar-refractivity contribution < 1.29 is 28.6 Å². The molecule has 3 rings (SSSR count). The summed E-state index contributed by atoms with van der Waals surface area (Å²) in [6, 6.07) is 19.5. The molecule has 170 valence electrons. The summed E-state index contributed by atoms with van der Waals surface area (Å²) in [7, 11) is 1.54.